The highest BCUT2D eigenvalue weighted by atomic mass is 16.5. The minimum absolute atomic E-state index is 0.118. The van der Waals surface area contributed by atoms with Gasteiger partial charge in [-0.15, -0.1) is 0 Å². The van der Waals surface area contributed by atoms with Gasteiger partial charge in [-0.2, -0.15) is 0 Å². The largest absolute Gasteiger partial charge is 0.424 e. The molecule has 1 aromatic heterocycles. The molecule has 1 amide bonds. The molecule has 2 saturated carbocycles. The van der Waals surface area contributed by atoms with Crippen LogP contribution in [-0.2, 0) is 4.79 Å². The van der Waals surface area contributed by atoms with Gasteiger partial charge in [-0.3, -0.25) is 4.79 Å². The number of nitrogens with zero attached hydrogens (tertiary/aromatic N) is 2. The summed E-state index contributed by atoms with van der Waals surface area (Å²) in [6, 6.07) is 9.35. The van der Waals surface area contributed by atoms with Crippen molar-refractivity contribution in [2.45, 2.75) is 32.1 Å². The molecule has 2 aliphatic rings. The molecule has 0 spiro atoms. The number of carbonyl (C=O) groups excluding carboxylic acids is 1. The Morgan fingerprint density at radius 2 is 1.92 bits per heavy atom. The monoisotopic (exact) mass is 323 g/mol. The Morgan fingerprint density at radius 3 is 2.58 bits per heavy atom. The van der Waals surface area contributed by atoms with Gasteiger partial charge in [0.2, 0.25) is 5.91 Å². The van der Waals surface area contributed by atoms with Crippen LogP contribution < -0.4 is 10.1 Å². The average Bonchev–Trinajstić information content (AvgIpc) is 3.20. The van der Waals surface area contributed by atoms with Crippen LogP contribution in [0, 0.1) is 17.8 Å². The lowest BCUT2D eigenvalue weighted by molar-refractivity contribution is -0.117. The first-order valence-electron chi connectivity index (χ1n) is 8.61. The van der Waals surface area contributed by atoms with Crippen LogP contribution in [0.4, 0.5) is 5.69 Å². The van der Waals surface area contributed by atoms with E-state index in [-0.39, 0.29) is 5.91 Å². The van der Waals surface area contributed by atoms with E-state index < -0.39 is 0 Å². The van der Waals surface area contributed by atoms with Crippen molar-refractivity contribution in [1.82, 2.24) is 9.97 Å². The maximum Gasteiger partial charge on any atom is 0.321 e. The molecule has 4 rings (SSSR count). The summed E-state index contributed by atoms with van der Waals surface area (Å²) in [5.74, 6) is 3.01. The molecule has 0 aliphatic heterocycles. The van der Waals surface area contributed by atoms with Crippen molar-refractivity contribution in [3.63, 3.8) is 0 Å². The van der Waals surface area contributed by atoms with Crippen LogP contribution >= 0.6 is 0 Å². The molecular formula is C19H21N3O2. The topological polar surface area (TPSA) is 64.1 Å². The molecule has 5 nitrogen and oxygen atoms in total. The predicted molar refractivity (Wildman–Crippen MR) is 90.7 cm³/mol. The second-order valence-electron chi connectivity index (χ2n) is 6.85. The molecule has 3 atom stereocenters. The van der Waals surface area contributed by atoms with Gasteiger partial charge in [-0.25, -0.2) is 9.97 Å². The van der Waals surface area contributed by atoms with Crippen molar-refractivity contribution in [3.05, 3.63) is 42.7 Å². The predicted octanol–water partition coefficient (Wildman–Crippen LogP) is 4.03. The minimum Gasteiger partial charge on any atom is -0.424 e. The van der Waals surface area contributed by atoms with E-state index in [0.717, 1.165) is 17.5 Å². The average molecular weight is 323 g/mol. The van der Waals surface area contributed by atoms with Crippen LogP contribution in [0.1, 0.15) is 32.1 Å². The number of fused-ring (bicyclic) bond motifs is 2. The van der Waals surface area contributed by atoms with Crippen LogP contribution in [0.15, 0.2) is 42.7 Å². The summed E-state index contributed by atoms with van der Waals surface area (Å²) >= 11 is 0. The molecule has 124 valence electrons. The summed E-state index contributed by atoms with van der Waals surface area (Å²) in [5.41, 5.74) is 0.796. The molecule has 0 radical (unpaired) electrons. The Balaban J connectivity index is 1.31. The molecule has 1 N–H and O–H groups in total. The van der Waals surface area contributed by atoms with Crippen LogP contribution in [0.25, 0.3) is 0 Å². The van der Waals surface area contributed by atoms with Gasteiger partial charge in [0.15, 0.2) is 0 Å². The van der Waals surface area contributed by atoms with Crippen LogP contribution in [0.2, 0.25) is 0 Å². The number of aromatic nitrogens is 2. The maximum atomic E-state index is 12.3. The Hall–Kier alpha value is -2.43. The van der Waals surface area contributed by atoms with E-state index in [0.29, 0.717) is 24.1 Å². The number of anilines is 1. The highest BCUT2D eigenvalue weighted by Gasteiger charge is 2.40. The van der Waals surface area contributed by atoms with Crippen LogP contribution in [0.3, 0.4) is 0 Å². The first-order chi connectivity index (χ1) is 11.8. The van der Waals surface area contributed by atoms with Crippen LogP contribution in [0.5, 0.6) is 11.8 Å². The quantitative estimate of drug-likeness (QED) is 0.902. The fraction of sp³-hybridized carbons (Fsp3) is 0.421. The van der Waals surface area contributed by atoms with Gasteiger partial charge in [0, 0.05) is 24.5 Å². The van der Waals surface area contributed by atoms with E-state index in [1.807, 2.05) is 24.3 Å². The van der Waals surface area contributed by atoms with Crippen molar-refractivity contribution in [3.8, 4) is 11.8 Å². The van der Waals surface area contributed by atoms with Gasteiger partial charge in [0.05, 0.1) is 0 Å². The zero-order valence-corrected chi connectivity index (χ0v) is 13.5. The molecule has 1 aromatic carbocycles. The second kappa shape index (κ2) is 6.59. The normalized spacial score (nSPS) is 24.8. The van der Waals surface area contributed by atoms with E-state index >= 15 is 0 Å². The Bertz CT molecular complexity index is 702. The van der Waals surface area contributed by atoms with Crippen molar-refractivity contribution in [2.24, 2.45) is 17.8 Å². The Labute approximate surface area is 141 Å². The van der Waals surface area contributed by atoms with Crippen LogP contribution in [-0.4, -0.2) is 15.9 Å². The third-order valence-electron chi connectivity index (χ3n) is 5.22. The van der Waals surface area contributed by atoms with Gasteiger partial charge >= 0.3 is 6.01 Å². The lowest BCUT2D eigenvalue weighted by Gasteiger charge is -2.20. The van der Waals surface area contributed by atoms with Gasteiger partial charge in [0.25, 0.3) is 0 Å². The third-order valence-corrected chi connectivity index (χ3v) is 5.22. The van der Waals surface area contributed by atoms with Gasteiger partial charge < -0.3 is 10.1 Å². The zero-order valence-electron chi connectivity index (χ0n) is 13.5. The van der Waals surface area contributed by atoms with E-state index in [1.54, 1.807) is 18.5 Å². The molecule has 1 heterocycles. The number of hydrogen-bond donors (Lipinski definition) is 1. The molecule has 2 fully saturated rings. The number of benzene rings is 1. The fourth-order valence-corrected chi connectivity index (χ4v) is 4.13. The molecule has 24 heavy (non-hydrogen) atoms. The summed E-state index contributed by atoms with van der Waals surface area (Å²) in [6.07, 6.45) is 9.18. The molecule has 0 saturated heterocycles. The third kappa shape index (κ3) is 3.40. The number of nitrogens with one attached hydrogen (secondary N) is 1. The number of ether oxygens (including phenoxy) is 1. The number of amides is 1. The Morgan fingerprint density at radius 1 is 1.12 bits per heavy atom. The van der Waals surface area contributed by atoms with E-state index in [9.17, 15) is 4.79 Å². The standard InChI is InChI=1S/C19H21N3O2/c23-18(12-15-11-13-2-3-14(15)10-13)22-16-4-6-17(7-5-16)24-19-20-8-1-9-21-19/h1,4-9,13-15H,2-3,10-12H2,(H,22,23)/t13-,14-,15-/m0/s1. The number of carbonyl (C=O) groups is 1. The summed E-state index contributed by atoms with van der Waals surface area (Å²) < 4.78 is 5.54. The summed E-state index contributed by atoms with van der Waals surface area (Å²) in [6.45, 7) is 0. The fourth-order valence-electron chi connectivity index (χ4n) is 4.13. The van der Waals surface area contributed by atoms with E-state index in [1.165, 1.54) is 25.7 Å². The molecule has 5 heteroatoms. The SMILES string of the molecule is O=C(C[C@@H]1C[C@H]2CC[C@H]1C2)Nc1ccc(Oc2ncccn2)cc1. The lowest BCUT2D eigenvalue weighted by atomic mass is 9.86. The molecular weight excluding hydrogens is 302 g/mol. The zero-order chi connectivity index (χ0) is 16.4. The number of hydrogen-bond acceptors (Lipinski definition) is 4. The van der Waals surface area contributed by atoms with Gasteiger partial charge in [-0.1, -0.05) is 6.42 Å². The summed E-state index contributed by atoms with van der Waals surface area (Å²) in [4.78, 5) is 20.3. The van der Waals surface area contributed by atoms with Crippen molar-refractivity contribution in [2.75, 3.05) is 5.32 Å². The lowest BCUT2D eigenvalue weighted by Crippen LogP contribution is -2.20. The molecule has 0 unspecified atom stereocenters. The minimum atomic E-state index is 0.118. The Kier molecular flexibility index (Phi) is 4.15. The summed E-state index contributed by atoms with van der Waals surface area (Å²) in [7, 11) is 0. The second-order valence-corrected chi connectivity index (χ2v) is 6.85. The van der Waals surface area contributed by atoms with Crippen molar-refractivity contribution >= 4 is 11.6 Å². The van der Waals surface area contributed by atoms with Crippen molar-refractivity contribution < 1.29 is 9.53 Å². The smallest absolute Gasteiger partial charge is 0.321 e. The summed E-state index contributed by atoms with van der Waals surface area (Å²) in [5, 5.41) is 2.99. The highest BCUT2D eigenvalue weighted by molar-refractivity contribution is 5.90. The first kappa shape index (κ1) is 15.1. The van der Waals surface area contributed by atoms with Crippen molar-refractivity contribution in [1.29, 1.82) is 0 Å². The van der Waals surface area contributed by atoms with Gasteiger partial charge in [0.1, 0.15) is 5.75 Å². The van der Waals surface area contributed by atoms with E-state index in [2.05, 4.69) is 15.3 Å². The highest BCUT2D eigenvalue weighted by Crippen LogP contribution is 2.49. The number of rotatable bonds is 5. The van der Waals surface area contributed by atoms with E-state index in [4.69, 9.17) is 4.74 Å². The molecule has 2 bridgehead atoms. The maximum absolute atomic E-state index is 12.3. The molecule has 2 aliphatic carbocycles. The molecule has 2 aromatic rings. The van der Waals surface area contributed by atoms with Gasteiger partial charge in [-0.05, 0) is 67.3 Å². The first-order valence-corrected chi connectivity index (χ1v) is 8.61.